The van der Waals surface area contributed by atoms with Crippen molar-refractivity contribution in [3.8, 4) is 17.0 Å². The Morgan fingerprint density at radius 3 is 2.86 bits per heavy atom. The summed E-state index contributed by atoms with van der Waals surface area (Å²) in [5, 5.41) is 3.44. The smallest absolute Gasteiger partial charge is 0.261 e. The molecule has 1 aromatic carbocycles. The Kier molecular flexibility index (Phi) is 6.82. The standard InChI is InChI=1S/C26H32ClF2N5O2/c1-26(2)12-16(32(3)10-8-28)14-34(26)24-20-23(36-15-17-13-30-9-11-33(17)25(20)35)21(27)22(31-24)18-6-4-5-7-19(18)29/h4-7,16-17,30H,8-15H2,1-3H3/t16?,17-/m1/s1. The predicted octanol–water partition coefficient (Wildman–Crippen LogP) is 3.61. The molecule has 1 amide bonds. The van der Waals surface area contributed by atoms with Crippen molar-refractivity contribution in [3.63, 3.8) is 0 Å². The van der Waals surface area contributed by atoms with Gasteiger partial charge in [0, 0.05) is 49.9 Å². The molecular formula is C26H32ClF2N5O2. The third-order valence-corrected chi connectivity index (χ3v) is 7.98. The van der Waals surface area contributed by atoms with Crippen molar-refractivity contribution in [1.29, 1.82) is 0 Å². The minimum Gasteiger partial charge on any atom is -0.489 e. The fourth-order valence-corrected chi connectivity index (χ4v) is 5.87. The van der Waals surface area contributed by atoms with Crippen LogP contribution in [0.5, 0.6) is 5.75 Å². The van der Waals surface area contributed by atoms with E-state index in [1.165, 1.54) is 6.07 Å². The molecule has 3 aliphatic heterocycles. The molecule has 1 unspecified atom stereocenters. The van der Waals surface area contributed by atoms with Gasteiger partial charge in [0.1, 0.15) is 35.5 Å². The van der Waals surface area contributed by atoms with Crippen molar-refractivity contribution in [3.05, 3.63) is 40.7 Å². The molecular weight excluding hydrogens is 488 g/mol. The number of halogens is 3. The number of benzene rings is 1. The van der Waals surface area contributed by atoms with Crippen LogP contribution in [0.1, 0.15) is 30.6 Å². The van der Waals surface area contributed by atoms with E-state index < -0.39 is 18.0 Å². The summed E-state index contributed by atoms with van der Waals surface area (Å²) in [6, 6.07) is 6.24. The first kappa shape index (κ1) is 25.2. The molecule has 1 aromatic heterocycles. The first-order chi connectivity index (χ1) is 17.2. The Morgan fingerprint density at radius 1 is 1.33 bits per heavy atom. The lowest BCUT2D eigenvalue weighted by molar-refractivity contribution is 0.0606. The summed E-state index contributed by atoms with van der Waals surface area (Å²) in [4.78, 5) is 24.8. The van der Waals surface area contributed by atoms with Crippen LogP contribution in [0.4, 0.5) is 14.6 Å². The molecule has 194 valence electrons. The maximum atomic E-state index is 14.9. The number of rotatable bonds is 5. The molecule has 0 aliphatic carbocycles. The molecule has 0 spiro atoms. The van der Waals surface area contributed by atoms with E-state index in [0.29, 0.717) is 44.1 Å². The molecule has 2 fully saturated rings. The van der Waals surface area contributed by atoms with Crippen molar-refractivity contribution in [2.24, 2.45) is 0 Å². The van der Waals surface area contributed by atoms with Gasteiger partial charge in [0.05, 0.1) is 11.7 Å². The molecule has 0 bridgehead atoms. The Hall–Kier alpha value is -2.49. The highest BCUT2D eigenvalue weighted by Gasteiger charge is 2.45. The van der Waals surface area contributed by atoms with E-state index >= 15 is 0 Å². The van der Waals surface area contributed by atoms with Gasteiger partial charge in [-0.2, -0.15) is 0 Å². The highest BCUT2D eigenvalue weighted by molar-refractivity contribution is 6.35. The molecule has 3 aliphatic rings. The lowest BCUT2D eigenvalue weighted by Gasteiger charge is -2.36. The zero-order chi connectivity index (χ0) is 25.6. The number of amides is 1. The Bertz CT molecular complexity index is 1160. The van der Waals surface area contributed by atoms with E-state index in [1.807, 2.05) is 16.8 Å². The normalized spacial score (nSPS) is 23.4. The largest absolute Gasteiger partial charge is 0.489 e. The van der Waals surface area contributed by atoms with Gasteiger partial charge in [0.2, 0.25) is 0 Å². The van der Waals surface area contributed by atoms with Crippen molar-refractivity contribution < 1.29 is 18.3 Å². The zero-order valence-corrected chi connectivity index (χ0v) is 21.6. The highest BCUT2D eigenvalue weighted by Crippen LogP contribution is 2.46. The van der Waals surface area contributed by atoms with Crippen LogP contribution in [-0.2, 0) is 0 Å². The van der Waals surface area contributed by atoms with Gasteiger partial charge in [-0.3, -0.25) is 9.69 Å². The monoisotopic (exact) mass is 519 g/mol. The van der Waals surface area contributed by atoms with E-state index in [2.05, 4.69) is 24.1 Å². The molecule has 4 heterocycles. The van der Waals surface area contributed by atoms with Gasteiger partial charge in [-0.1, -0.05) is 23.7 Å². The van der Waals surface area contributed by atoms with Gasteiger partial charge < -0.3 is 19.9 Å². The number of hydrogen-bond donors (Lipinski definition) is 1. The second kappa shape index (κ2) is 9.76. The Labute approximate surface area is 215 Å². The zero-order valence-electron chi connectivity index (χ0n) is 20.9. The quantitative estimate of drug-likeness (QED) is 0.651. The maximum Gasteiger partial charge on any atom is 0.261 e. The molecule has 36 heavy (non-hydrogen) atoms. The number of carbonyl (C=O) groups excluding carboxylic acids is 1. The van der Waals surface area contributed by atoms with Crippen LogP contribution in [0.3, 0.4) is 0 Å². The number of alkyl halides is 1. The van der Waals surface area contributed by atoms with Crippen molar-refractivity contribution in [1.82, 2.24) is 20.1 Å². The maximum absolute atomic E-state index is 14.9. The molecule has 5 rings (SSSR count). The number of carbonyl (C=O) groups is 1. The molecule has 2 atom stereocenters. The number of ether oxygens (including phenoxy) is 1. The number of hydrogen-bond acceptors (Lipinski definition) is 6. The van der Waals surface area contributed by atoms with Gasteiger partial charge in [-0.15, -0.1) is 0 Å². The summed E-state index contributed by atoms with van der Waals surface area (Å²) in [7, 11) is 1.91. The van der Waals surface area contributed by atoms with Crippen molar-refractivity contribution >= 4 is 23.3 Å². The molecule has 10 heteroatoms. The second-order valence-corrected chi connectivity index (χ2v) is 10.8. The number of nitrogens with zero attached hydrogens (tertiary/aromatic N) is 4. The number of piperazine rings is 1. The molecule has 7 nitrogen and oxygen atoms in total. The fourth-order valence-electron chi connectivity index (χ4n) is 5.58. The molecule has 2 saturated heterocycles. The van der Waals surface area contributed by atoms with E-state index in [4.69, 9.17) is 21.3 Å². The van der Waals surface area contributed by atoms with E-state index in [0.717, 1.165) is 6.42 Å². The third-order valence-electron chi connectivity index (χ3n) is 7.63. The van der Waals surface area contributed by atoms with Crippen LogP contribution in [0.2, 0.25) is 5.02 Å². The summed E-state index contributed by atoms with van der Waals surface area (Å²) in [5.41, 5.74) is 0.401. The molecule has 1 N–H and O–H groups in total. The van der Waals surface area contributed by atoms with Crippen LogP contribution < -0.4 is 15.0 Å². The summed E-state index contributed by atoms with van der Waals surface area (Å²) in [6.07, 6.45) is 0.753. The molecule has 0 radical (unpaired) electrons. The third kappa shape index (κ3) is 4.31. The van der Waals surface area contributed by atoms with Crippen LogP contribution in [0, 0.1) is 5.82 Å². The number of fused-ring (bicyclic) bond motifs is 2. The minimum absolute atomic E-state index is 0.0644. The van der Waals surface area contributed by atoms with Gasteiger partial charge in [0.25, 0.3) is 5.91 Å². The van der Waals surface area contributed by atoms with Crippen molar-refractivity contribution in [2.45, 2.75) is 37.9 Å². The lowest BCUT2D eigenvalue weighted by Crippen LogP contribution is -2.55. The van der Waals surface area contributed by atoms with Crippen LogP contribution >= 0.6 is 11.6 Å². The highest BCUT2D eigenvalue weighted by atomic mass is 35.5. The number of pyridine rings is 1. The summed E-state index contributed by atoms with van der Waals surface area (Å²) < 4.78 is 34.3. The van der Waals surface area contributed by atoms with Crippen LogP contribution in [0.15, 0.2) is 24.3 Å². The van der Waals surface area contributed by atoms with Gasteiger partial charge in [-0.05, 0) is 39.4 Å². The number of nitrogens with one attached hydrogen (secondary N) is 1. The van der Waals surface area contributed by atoms with Gasteiger partial charge in [-0.25, -0.2) is 13.8 Å². The fraction of sp³-hybridized carbons (Fsp3) is 0.538. The minimum atomic E-state index is -0.458. The topological polar surface area (TPSA) is 60.9 Å². The average molecular weight is 520 g/mol. The predicted molar refractivity (Wildman–Crippen MR) is 136 cm³/mol. The Morgan fingerprint density at radius 2 is 2.11 bits per heavy atom. The first-order valence-electron chi connectivity index (χ1n) is 12.4. The van der Waals surface area contributed by atoms with E-state index in [-0.39, 0.29) is 46.6 Å². The molecule has 2 aromatic rings. The average Bonchev–Trinajstić information content (AvgIpc) is 3.10. The van der Waals surface area contributed by atoms with Crippen molar-refractivity contribution in [2.75, 3.05) is 58.0 Å². The van der Waals surface area contributed by atoms with E-state index in [9.17, 15) is 13.6 Å². The summed E-state index contributed by atoms with van der Waals surface area (Å²) in [6.45, 7) is 6.72. The SMILES string of the molecule is CN(CCF)C1CN(c2nc(-c3ccccc3F)c(Cl)c3c2C(=O)N2CCNC[C@@H]2CO3)C(C)(C)C1. The van der Waals surface area contributed by atoms with E-state index in [1.54, 1.807) is 18.2 Å². The van der Waals surface area contributed by atoms with Crippen LogP contribution in [0.25, 0.3) is 11.3 Å². The lowest BCUT2D eigenvalue weighted by atomic mass is 9.98. The number of likely N-dealkylation sites (N-methyl/N-ethyl adjacent to an activating group) is 1. The summed E-state index contributed by atoms with van der Waals surface area (Å²) in [5.74, 6) is 0.0316. The number of aromatic nitrogens is 1. The summed E-state index contributed by atoms with van der Waals surface area (Å²) >= 11 is 6.83. The van der Waals surface area contributed by atoms with Gasteiger partial charge in [0.15, 0.2) is 5.75 Å². The van der Waals surface area contributed by atoms with Gasteiger partial charge >= 0.3 is 0 Å². The Balaban J connectivity index is 1.69. The molecule has 0 saturated carbocycles. The van der Waals surface area contributed by atoms with Crippen LogP contribution in [-0.4, -0.2) is 91.4 Å². The number of anilines is 1. The first-order valence-corrected chi connectivity index (χ1v) is 12.8. The second-order valence-electron chi connectivity index (χ2n) is 10.4.